The van der Waals surface area contributed by atoms with E-state index < -0.39 is 17.1 Å². The van der Waals surface area contributed by atoms with Crippen LogP contribution in [0, 0.1) is 0 Å². The molecular weight excluding hydrogens is 839 g/mol. The van der Waals surface area contributed by atoms with Crippen LogP contribution in [0.15, 0.2) is 0 Å². The summed E-state index contributed by atoms with van der Waals surface area (Å²) in [4.78, 5) is 2.66. The van der Waals surface area contributed by atoms with Gasteiger partial charge in [-0.1, -0.05) is 182 Å². The Morgan fingerprint density at radius 3 is 1.06 bits per heavy atom. The average molecular weight is 951 g/mol. The molecule has 0 spiro atoms. The van der Waals surface area contributed by atoms with E-state index in [4.69, 9.17) is 17.7 Å². The van der Waals surface area contributed by atoms with Crippen molar-refractivity contribution in [1.29, 1.82) is 0 Å². The summed E-state index contributed by atoms with van der Waals surface area (Å²) in [5, 5.41) is 9.42. The van der Waals surface area contributed by atoms with Crippen LogP contribution in [0.3, 0.4) is 0 Å². The lowest BCUT2D eigenvalue weighted by Gasteiger charge is -2.29. The molecule has 1 N–H and O–H groups in total. The van der Waals surface area contributed by atoms with E-state index in [9.17, 15) is 5.11 Å². The van der Waals surface area contributed by atoms with E-state index in [0.29, 0.717) is 17.5 Å². The molecule has 2 atom stereocenters. The van der Waals surface area contributed by atoms with Crippen LogP contribution in [-0.2, 0) is 17.7 Å². The highest BCUT2D eigenvalue weighted by Crippen LogP contribution is 2.28. The van der Waals surface area contributed by atoms with Crippen molar-refractivity contribution in [2.24, 2.45) is 0 Å². The SMILES string of the molecule is CCCCCCCCSC(CCCCCCC)O[Si](C)(C)OCCCCCCN(CCCCO)CCCCCCO[Si](C)(C)OC(CCCCCCC)SCCCCCCCC. The Balaban J connectivity index is 4.52. The van der Waals surface area contributed by atoms with Crippen LogP contribution in [0.2, 0.25) is 26.2 Å². The number of nitrogens with zero attached hydrogens (tertiary/aromatic N) is 1. The third kappa shape index (κ3) is 44.7. The number of aliphatic hydroxyl groups excluding tert-OH is 1. The van der Waals surface area contributed by atoms with Gasteiger partial charge in [0, 0.05) is 19.8 Å². The molecule has 0 aromatic rings. The first-order valence-electron chi connectivity index (χ1n) is 27.3. The molecule has 0 aromatic heterocycles. The van der Waals surface area contributed by atoms with Gasteiger partial charge in [-0.3, -0.25) is 0 Å². The van der Waals surface area contributed by atoms with Gasteiger partial charge < -0.3 is 27.7 Å². The Morgan fingerprint density at radius 2 is 0.694 bits per heavy atom. The maximum atomic E-state index is 9.42. The third-order valence-corrected chi connectivity index (χ3v) is 18.3. The Hall–Kier alpha value is 0.894. The molecule has 62 heavy (non-hydrogen) atoms. The van der Waals surface area contributed by atoms with Crippen molar-refractivity contribution in [3.05, 3.63) is 0 Å². The Kier molecular flexibility index (Phi) is 47.7. The summed E-state index contributed by atoms with van der Waals surface area (Å²) in [6.07, 6.45) is 43.6. The van der Waals surface area contributed by atoms with Gasteiger partial charge in [-0.25, -0.2) is 0 Å². The third-order valence-electron chi connectivity index (χ3n) is 12.0. The molecule has 6 nitrogen and oxygen atoms in total. The molecule has 0 radical (unpaired) electrons. The first-order chi connectivity index (χ1) is 30.1. The van der Waals surface area contributed by atoms with Crippen LogP contribution < -0.4 is 0 Å². The molecule has 2 unspecified atom stereocenters. The van der Waals surface area contributed by atoms with Crippen LogP contribution in [0.4, 0.5) is 0 Å². The first kappa shape index (κ1) is 62.9. The second-order valence-corrected chi connectivity index (χ2v) is 28.6. The maximum absolute atomic E-state index is 9.42. The lowest BCUT2D eigenvalue weighted by atomic mass is 10.1. The molecule has 0 amide bonds. The van der Waals surface area contributed by atoms with E-state index in [1.807, 2.05) is 0 Å². The largest absolute Gasteiger partial charge is 0.396 e. The second-order valence-electron chi connectivity index (χ2n) is 19.4. The summed E-state index contributed by atoms with van der Waals surface area (Å²) < 4.78 is 26.6. The highest BCUT2D eigenvalue weighted by Gasteiger charge is 2.30. The summed E-state index contributed by atoms with van der Waals surface area (Å²) in [6, 6.07) is 0. The van der Waals surface area contributed by atoms with Gasteiger partial charge in [0.05, 0.1) is 10.9 Å². The summed E-state index contributed by atoms with van der Waals surface area (Å²) in [7, 11) is -4.32. The summed E-state index contributed by atoms with van der Waals surface area (Å²) in [5.74, 6) is 2.44. The lowest BCUT2D eigenvalue weighted by molar-refractivity contribution is 0.156. The van der Waals surface area contributed by atoms with Crippen molar-refractivity contribution in [2.75, 3.05) is 51.0 Å². The minimum atomic E-state index is -2.16. The van der Waals surface area contributed by atoms with E-state index in [2.05, 4.69) is 82.3 Å². The van der Waals surface area contributed by atoms with Crippen LogP contribution >= 0.6 is 23.5 Å². The van der Waals surface area contributed by atoms with E-state index in [0.717, 1.165) is 45.4 Å². The monoisotopic (exact) mass is 950 g/mol. The number of aliphatic hydroxyl groups is 1. The van der Waals surface area contributed by atoms with Gasteiger partial charge in [0.25, 0.3) is 0 Å². The molecule has 0 aromatic carbocycles. The predicted octanol–water partition coefficient (Wildman–Crippen LogP) is 17.2. The molecular formula is C52H111NO5S2Si2. The van der Waals surface area contributed by atoms with Crippen molar-refractivity contribution in [3.63, 3.8) is 0 Å². The zero-order valence-electron chi connectivity index (χ0n) is 43.2. The summed E-state index contributed by atoms with van der Waals surface area (Å²) in [6.45, 7) is 23.7. The number of rotatable bonds is 52. The molecule has 0 fully saturated rings. The maximum Gasteiger partial charge on any atom is 0.332 e. The van der Waals surface area contributed by atoms with Crippen molar-refractivity contribution in [2.45, 2.75) is 283 Å². The lowest BCUT2D eigenvalue weighted by Crippen LogP contribution is -2.38. The molecule has 0 aliphatic rings. The van der Waals surface area contributed by atoms with Gasteiger partial charge in [-0.15, -0.1) is 23.5 Å². The molecule has 0 rings (SSSR count). The fraction of sp³-hybridized carbons (Fsp3) is 1.00. The minimum Gasteiger partial charge on any atom is -0.396 e. The molecule has 0 aliphatic carbocycles. The summed E-state index contributed by atoms with van der Waals surface area (Å²) in [5.41, 5.74) is 0.590. The van der Waals surface area contributed by atoms with Crippen LogP contribution in [0.5, 0.6) is 0 Å². The number of hydrogen-bond donors (Lipinski definition) is 1. The normalized spacial score (nSPS) is 13.5. The second kappa shape index (κ2) is 47.0. The Labute approximate surface area is 400 Å². The minimum absolute atomic E-state index is 0.295. The number of unbranched alkanes of at least 4 members (excludes halogenated alkanes) is 25. The first-order valence-corrected chi connectivity index (χ1v) is 35.1. The molecule has 374 valence electrons. The molecule has 0 heterocycles. The standard InChI is InChI=1S/C52H111NO5S2Si2/c1-9-13-17-21-29-39-49-59-51(41-31-23-19-15-11-3)57-61(5,6)55-47-37-27-25-33-43-53(45-35-36-46-54)44-34-26-28-38-48-56-62(7,8)58-52(42-32-24-20-16-12-4)60-50-40-30-22-18-14-10-2/h51-52,54H,9-50H2,1-8H3. The zero-order chi connectivity index (χ0) is 45.7. The molecule has 0 bridgehead atoms. The Morgan fingerprint density at radius 1 is 0.387 bits per heavy atom. The highest BCUT2D eigenvalue weighted by molar-refractivity contribution is 8.00. The van der Waals surface area contributed by atoms with Crippen molar-refractivity contribution in [3.8, 4) is 0 Å². The molecule has 0 saturated heterocycles. The van der Waals surface area contributed by atoms with E-state index in [1.54, 1.807) is 0 Å². The van der Waals surface area contributed by atoms with Crippen LogP contribution in [-0.4, -0.2) is 89.0 Å². The van der Waals surface area contributed by atoms with Gasteiger partial charge >= 0.3 is 17.1 Å². The van der Waals surface area contributed by atoms with Gasteiger partial charge in [-0.05, 0) is 122 Å². The van der Waals surface area contributed by atoms with Crippen molar-refractivity contribution >= 4 is 40.6 Å². The molecule has 0 aliphatic heterocycles. The van der Waals surface area contributed by atoms with Gasteiger partial charge in [0.15, 0.2) is 0 Å². The van der Waals surface area contributed by atoms with Crippen LogP contribution in [0.1, 0.15) is 246 Å². The molecule has 10 heteroatoms. The topological polar surface area (TPSA) is 60.4 Å². The van der Waals surface area contributed by atoms with Gasteiger partial charge in [0.1, 0.15) is 0 Å². The number of thioether (sulfide) groups is 2. The van der Waals surface area contributed by atoms with Crippen LogP contribution in [0.25, 0.3) is 0 Å². The quantitative estimate of drug-likeness (QED) is 0.0368. The van der Waals surface area contributed by atoms with Gasteiger partial charge in [-0.2, -0.15) is 0 Å². The fourth-order valence-electron chi connectivity index (χ4n) is 8.08. The van der Waals surface area contributed by atoms with Crippen molar-refractivity contribution in [1.82, 2.24) is 4.90 Å². The Bertz CT molecular complexity index is 828. The molecule has 0 saturated carbocycles. The van der Waals surface area contributed by atoms with E-state index in [-0.39, 0.29) is 0 Å². The van der Waals surface area contributed by atoms with Crippen molar-refractivity contribution < 1.29 is 22.8 Å². The number of hydrogen-bond acceptors (Lipinski definition) is 8. The smallest absolute Gasteiger partial charge is 0.332 e. The zero-order valence-corrected chi connectivity index (χ0v) is 46.8. The predicted molar refractivity (Wildman–Crippen MR) is 285 cm³/mol. The average Bonchev–Trinajstić information content (AvgIpc) is 3.24. The van der Waals surface area contributed by atoms with Gasteiger partial charge in [0.2, 0.25) is 0 Å². The summed E-state index contributed by atoms with van der Waals surface area (Å²) >= 11 is 4.12. The van der Waals surface area contributed by atoms with E-state index >= 15 is 0 Å². The fourth-order valence-corrected chi connectivity index (χ4v) is 14.9. The van der Waals surface area contributed by atoms with E-state index in [1.165, 1.54) is 217 Å². The highest BCUT2D eigenvalue weighted by atomic mass is 32.2.